The molecule has 25 heavy (non-hydrogen) atoms. The highest BCUT2D eigenvalue weighted by molar-refractivity contribution is 6.30. The van der Waals surface area contributed by atoms with E-state index < -0.39 is 0 Å². The van der Waals surface area contributed by atoms with Crippen LogP contribution in [0.4, 0.5) is 0 Å². The quantitative estimate of drug-likeness (QED) is 0.634. The van der Waals surface area contributed by atoms with Crippen molar-refractivity contribution in [3.8, 4) is 17.5 Å². The van der Waals surface area contributed by atoms with Gasteiger partial charge in [-0.05, 0) is 73.5 Å². The van der Waals surface area contributed by atoms with E-state index in [-0.39, 0.29) is 5.75 Å². The van der Waals surface area contributed by atoms with Crippen LogP contribution in [0.25, 0.3) is 17.3 Å². The Morgan fingerprint density at radius 1 is 1.08 bits per heavy atom. The minimum Gasteiger partial charge on any atom is -0.508 e. The van der Waals surface area contributed by atoms with Gasteiger partial charge in [0.05, 0.1) is 11.6 Å². The van der Waals surface area contributed by atoms with Crippen LogP contribution in [0.1, 0.15) is 22.5 Å². The second-order valence-electron chi connectivity index (χ2n) is 5.85. The number of hydrogen-bond acceptors (Lipinski definition) is 2. The Morgan fingerprint density at radius 3 is 2.32 bits per heavy atom. The van der Waals surface area contributed by atoms with E-state index in [4.69, 9.17) is 11.6 Å². The highest BCUT2D eigenvalue weighted by Gasteiger charge is 2.11. The molecule has 1 N–H and O–H groups in total. The molecule has 0 spiro atoms. The highest BCUT2D eigenvalue weighted by Crippen LogP contribution is 2.26. The molecule has 3 rings (SSSR count). The van der Waals surface area contributed by atoms with E-state index in [0.717, 1.165) is 28.2 Å². The summed E-state index contributed by atoms with van der Waals surface area (Å²) in [7, 11) is 0. The van der Waals surface area contributed by atoms with Crippen molar-refractivity contribution in [1.82, 2.24) is 4.57 Å². The van der Waals surface area contributed by atoms with Gasteiger partial charge >= 0.3 is 0 Å². The molecule has 0 bridgehead atoms. The number of aromatic nitrogens is 1. The Balaban J connectivity index is 2.06. The molecule has 3 nitrogen and oxygen atoms in total. The number of nitrogens with zero attached hydrogens (tertiary/aromatic N) is 2. The van der Waals surface area contributed by atoms with Gasteiger partial charge < -0.3 is 9.67 Å². The van der Waals surface area contributed by atoms with Crippen LogP contribution in [0.5, 0.6) is 5.75 Å². The molecule has 0 aliphatic rings. The van der Waals surface area contributed by atoms with Gasteiger partial charge in [0.25, 0.3) is 0 Å². The number of aromatic hydroxyl groups is 1. The lowest BCUT2D eigenvalue weighted by Gasteiger charge is -2.09. The fourth-order valence-corrected chi connectivity index (χ4v) is 3.02. The second kappa shape index (κ2) is 6.88. The van der Waals surface area contributed by atoms with Gasteiger partial charge in [0.1, 0.15) is 5.75 Å². The van der Waals surface area contributed by atoms with Crippen molar-refractivity contribution < 1.29 is 5.11 Å². The Bertz CT molecular complexity index is 974. The molecule has 1 heterocycles. The van der Waals surface area contributed by atoms with Crippen molar-refractivity contribution in [1.29, 1.82) is 5.26 Å². The molecular formula is C21H17ClN2O. The average molecular weight is 349 g/mol. The Labute approximate surface area is 152 Å². The van der Waals surface area contributed by atoms with Crippen LogP contribution in [0.2, 0.25) is 5.02 Å². The first-order valence-electron chi connectivity index (χ1n) is 7.85. The minimum absolute atomic E-state index is 0.237. The molecule has 0 atom stereocenters. The number of nitriles is 1. The van der Waals surface area contributed by atoms with E-state index in [9.17, 15) is 10.4 Å². The van der Waals surface area contributed by atoms with E-state index >= 15 is 0 Å². The number of halogens is 1. The number of hydrogen-bond donors (Lipinski definition) is 1. The molecule has 124 valence electrons. The van der Waals surface area contributed by atoms with Crippen LogP contribution in [0.3, 0.4) is 0 Å². The zero-order chi connectivity index (χ0) is 18.0. The van der Waals surface area contributed by atoms with Crippen molar-refractivity contribution in [2.24, 2.45) is 0 Å². The largest absolute Gasteiger partial charge is 0.508 e. The number of rotatable bonds is 3. The van der Waals surface area contributed by atoms with Crippen LogP contribution in [0.15, 0.2) is 54.6 Å². The third-order valence-electron chi connectivity index (χ3n) is 4.15. The lowest BCUT2D eigenvalue weighted by atomic mass is 10.0. The number of allylic oxidation sites excluding steroid dienone is 1. The first kappa shape index (κ1) is 16.9. The SMILES string of the molecule is Cc1cc(/C=C(\C#N)c2ccc(Cl)cc2)c(C)n1-c1ccc(O)cc1. The van der Waals surface area contributed by atoms with Gasteiger partial charge in [0, 0.05) is 22.1 Å². The first-order chi connectivity index (χ1) is 12.0. The Morgan fingerprint density at radius 2 is 1.72 bits per heavy atom. The van der Waals surface area contributed by atoms with Crippen molar-refractivity contribution in [2.45, 2.75) is 13.8 Å². The van der Waals surface area contributed by atoms with E-state index in [0.29, 0.717) is 10.6 Å². The molecule has 0 aliphatic carbocycles. The lowest BCUT2D eigenvalue weighted by molar-refractivity contribution is 0.475. The summed E-state index contributed by atoms with van der Waals surface area (Å²) in [5, 5.41) is 19.7. The third kappa shape index (κ3) is 3.45. The Kier molecular flexibility index (Phi) is 4.65. The molecule has 4 heteroatoms. The smallest absolute Gasteiger partial charge is 0.115 e. The number of phenols is 1. The van der Waals surface area contributed by atoms with Gasteiger partial charge in [0.15, 0.2) is 0 Å². The zero-order valence-electron chi connectivity index (χ0n) is 14.0. The number of benzene rings is 2. The van der Waals surface area contributed by atoms with Crippen LogP contribution in [-0.2, 0) is 0 Å². The van der Waals surface area contributed by atoms with Crippen molar-refractivity contribution in [3.05, 3.63) is 82.1 Å². The second-order valence-corrected chi connectivity index (χ2v) is 6.29. The Hall–Kier alpha value is -2.96. The molecule has 0 fully saturated rings. The van der Waals surface area contributed by atoms with Crippen LogP contribution in [0, 0.1) is 25.2 Å². The van der Waals surface area contributed by atoms with Crippen LogP contribution >= 0.6 is 11.6 Å². The summed E-state index contributed by atoms with van der Waals surface area (Å²) in [6.07, 6.45) is 1.89. The molecule has 3 aromatic rings. The predicted octanol–water partition coefficient (Wildman–Crippen LogP) is 5.52. The average Bonchev–Trinajstić information content (AvgIpc) is 2.88. The molecule has 0 amide bonds. The zero-order valence-corrected chi connectivity index (χ0v) is 14.7. The van der Waals surface area contributed by atoms with Gasteiger partial charge in [-0.3, -0.25) is 0 Å². The normalized spacial score (nSPS) is 11.4. The summed E-state index contributed by atoms with van der Waals surface area (Å²) in [6.45, 7) is 4.04. The molecule has 0 aliphatic heterocycles. The van der Waals surface area contributed by atoms with Gasteiger partial charge in [-0.2, -0.15) is 5.26 Å². The van der Waals surface area contributed by atoms with E-state index in [1.165, 1.54) is 0 Å². The molecule has 0 saturated heterocycles. The van der Waals surface area contributed by atoms with Gasteiger partial charge in [-0.1, -0.05) is 23.7 Å². The summed E-state index contributed by atoms with van der Waals surface area (Å²) in [5.74, 6) is 0.237. The maximum absolute atomic E-state index is 9.54. The monoisotopic (exact) mass is 348 g/mol. The minimum atomic E-state index is 0.237. The van der Waals surface area contributed by atoms with Crippen LogP contribution < -0.4 is 0 Å². The number of aryl methyl sites for hydroxylation is 1. The molecule has 0 saturated carbocycles. The topological polar surface area (TPSA) is 49.0 Å². The van der Waals surface area contributed by atoms with Crippen molar-refractivity contribution >= 4 is 23.3 Å². The summed E-state index contributed by atoms with van der Waals surface area (Å²) < 4.78 is 2.10. The van der Waals surface area contributed by atoms with Crippen molar-refractivity contribution in [3.63, 3.8) is 0 Å². The summed E-state index contributed by atoms with van der Waals surface area (Å²) >= 11 is 5.92. The summed E-state index contributed by atoms with van der Waals surface area (Å²) in [4.78, 5) is 0. The first-order valence-corrected chi connectivity index (χ1v) is 8.23. The van der Waals surface area contributed by atoms with Crippen LogP contribution in [-0.4, -0.2) is 9.67 Å². The number of phenolic OH excluding ortho intramolecular Hbond substituents is 1. The fraction of sp³-hybridized carbons (Fsp3) is 0.0952. The molecule has 0 unspecified atom stereocenters. The van der Waals surface area contributed by atoms with Crippen molar-refractivity contribution in [2.75, 3.05) is 0 Å². The third-order valence-corrected chi connectivity index (χ3v) is 4.41. The van der Waals surface area contributed by atoms with Gasteiger partial charge in [0.2, 0.25) is 0 Å². The summed E-state index contributed by atoms with van der Waals surface area (Å²) in [5.41, 5.74) is 5.46. The maximum atomic E-state index is 9.54. The summed E-state index contributed by atoms with van der Waals surface area (Å²) in [6, 6.07) is 18.6. The van der Waals surface area contributed by atoms with E-state index in [1.807, 2.05) is 44.2 Å². The lowest BCUT2D eigenvalue weighted by Crippen LogP contribution is -1.98. The fourth-order valence-electron chi connectivity index (χ4n) is 2.90. The molecular weight excluding hydrogens is 332 g/mol. The van der Waals surface area contributed by atoms with Gasteiger partial charge in [-0.15, -0.1) is 0 Å². The predicted molar refractivity (Wildman–Crippen MR) is 102 cm³/mol. The van der Waals surface area contributed by atoms with E-state index in [1.54, 1.807) is 24.3 Å². The maximum Gasteiger partial charge on any atom is 0.115 e. The molecule has 1 aromatic heterocycles. The highest BCUT2D eigenvalue weighted by atomic mass is 35.5. The molecule has 0 radical (unpaired) electrons. The van der Waals surface area contributed by atoms with E-state index in [2.05, 4.69) is 16.7 Å². The standard InChI is InChI=1S/C21H17ClN2O/c1-14-11-17(12-18(13-23)16-3-5-19(22)6-4-16)15(2)24(14)20-7-9-21(25)10-8-20/h3-12,25H,1-2H3/b18-12+. The molecule has 2 aromatic carbocycles. The van der Waals surface area contributed by atoms with Gasteiger partial charge in [-0.25, -0.2) is 0 Å².